The van der Waals surface area contributed by atoms with E-state index in [0.29, 0.717) is 46.4 Å². The number of amides is 2. The number of hydrogen-bond acceptors (Lipinski definition) is 4. The molecular weight excluding hydrogens is 436 g/mol. The lowest BCUT2D eigenvalue weighted by Crippen LogP contribution is -2.37. The molecule has 2 heterocycles. The number of halogens is 1. The van der Waals surface area contributed by atoms with E-state index in [2.05, 4.69) is 12.1 Å². The van der Waals surface area contributed by atoms with E-state index in [-0.39, 0.29) is 11.8 Å². The van der Waals surface area contributed by atoms with Crippen LogP contribution in [0.2, 0.25) is 5.02 Å². The zero-order valence-electron chi connectivity index (χ0n) is 18.5. The van der Waals surface area contributed by atoms with Gasteiger partial charge in [-0.05, 0) is 59.9 Å². The molecule has 2 aliphatic heterocycles. The molecule has 0 saturated carbocycles. The Labute approximate surface area is 197 Å². The predicted octanol–water partition coefficient (Wildman–Crippen LogP) is 5.00. The Morgan fingerprint density at radius 1 is 0.909 bits per heavy atom. The first-order valence-electron chi connectivity index (χ1n) is 10.8. The number of methoxy groups -OCH3 is 1. The van der Waals surface area contributed by atoms with Crippen molar-refractivity contribution in [2.75, 3.05) is 18.6 Å². The van der Waals surface area contributed by atoms with Crippen LogP contribution in [-0.2, 0) is 22.6 Å². The fourth-order valence-electron chi connectivity index (χ4n) is 4.47. The molecule has 166 valence electrons. The summed E-state index contributed by atoms with van der Waals surface area (Å²) in [6.45, 7) is 3.12. The van der Waals surface area contributed by atoms with E-state index in [1.807, 2.05) is 42.2 Å². The van der Waals surface area contributed by atoms with E-state index in [9.17, 15) is 9.59 Å². The molecule has 5 nitrogen and oxygen atoms in total. The van der Waals surface area contributed by atoms with Gasteiger partial charge in [0.05, 0.1) is 18.4 Å². The summed E-state index contributed by atoms with van der Waals surface area (Å²) in [6.07, 6.45) is 0.813. The molecule has 3 aromatic rings. The molecule has 0 fully saturated rings. The number of imide groups is 1. The van der Waals surface area contributed by atoms with Crippen LogP contribution in [0.15, 0.2) is 72.4 Å². The molecule has 33 heavy (non-hydrogen) atoms. The number of ether oxygens (including phenoxy) is 1. The van der Waals surface area contributed by atoms with Crippen molar-refractivity contribution >= 4 is 34.7 Å². The molecule has 3 aromatic carbocycles. The van der Waals surface area contributed by atoms with Crippen molar-refractivity contribution in [1.82, 2.24) is 4.90 Å². The maximum absolute atomic E-state index is 13.8. The molecule has 0 radical (unpaired) electrons. The second kappa shape index (κ2) is 8.41. The highest BCUT2D eigenvalue weighted by atomic mass is 35.5. The Morgan fingerprint density at radius 3 is 2.33 bits per heavy atom. The highest BCUT2D eigenvalue weighted by molar-refractivity contribution is 6.45. The molecule has 0 spiro atoms. The number of carbonyl (C=O) groups excluding carboxylic acids is 2. The summed E-state index contributed by atoms with van der Waals surface area (Å²) in [6, 6.07) is 20.7. The molecule has 0 saturated heterocycles. The SMILES string of the molecule is COc1ccc(C2=C(N3CCc4ccccc4C3)C(=O)N(c3ccc(C)c(Cl)c3)C2=O)cc1. The molecule has 0 aromatic heterocycles. The zero-order valence-corrected chi connectivity index (χ0v) is 19.2. The van der Waals surface area contributed by atoms with Gasteiger partial charge >= 0.3 is 0 Å². The third kappa shape index (κ3) is 3.68. The summed E-state index contributed by atoms with van der Waals surface area (Å²) in [7, 11) is 1.60. The maximum Gasteiger partial charge on any atom is 0.282 e. The van der Waals surface area contributed by atoms with Crippen LogP contribution in [0, 0.1) is 6.92 Å². The highest BCUT2D eigenvalue weighted by Crippen LogP contribution is 2.38. The van der Waals surface area contributed by atoms with Crippen molar-refractivity contribution in [2.45, 2.75) is 19.9 Å². The van der Waals surface area contributed by atoms with Crippen LogP contribution in [0.1, 0.15) is 22.3 Å². The van der Waals surface area contributed by atoms with Crippen LogP contribution in [0.3, 0.4) is 0 Å². The van der Waals surface area contributed by atoms with Crippen LogP contribution in [0.4, 0.5) is 5.69 Å². The minimum Gasteiger partial charge on any atom is -0.497 e. The van der Waals surface area contributed by atoms with Gasteiger partial charge in [0.2, 0.25) is 0 Å². The molecule has 0 N–H and O–H groups in total. The van der Waals surface area contributed by atoms with Gasteiger partial charge in [0.1, 0.15) is 11.4 Å². The third-order valence-corrected chi connectivity index (χ3v) is 6.71. The third-order valence-electron chi connectivity index (χ3n) is 6.30. The minimum absolute atomic E-state index is 0.329. The normalized spacial score (nSPS) is 15.8. The maximum atomic E-state index is 13.8. The van der Waals surface area contributed by atoms with Gasteiger partial charge in [-0.2, -0.15) is 0 Å². The summed E-state index contributed by atoms with van der Waals surface area (Å²) in [5, 5.41) is 0.513. The molecule has 0 aliphatic carbocycles. The number of nitrogens with zero attached hydrogens (tertiary/aromatic N) is 2. The largest absolute Gasteiger partial charge is 0.497 e. The van der Waals surface area contributed by atoms with Crippen LogP contribution < -0.4 is 9.64 Å². The Bertz CT molecular complexity index is 1300. The molecule has 6 heteroatoms. The monoisotopic (exact) mass is 458 g/mol. The Balaban J connectivity index is 1.62. The number of rotatable bonds is 4. The average molecular weight is 459 g/mol. The fourth-order valence-corrected chi connectivity index (χ4v) is 4.65. The fraction of sp³-hybridized carbons (Fsp3) is 0.185. The summed E-state index contributed by atoms with van der Waals surface area (Å²) < 4.78 is 5.27. The number of aryl methyl sites for hydroxylation is 1. The predicted molar refractivity (Wildman–Crippen MR) is 129 cm³/mol. The number of fused-ring (bicyclic) bond motifs is 1. The number of benzene rings is 3. The molecular formula is C27H23ClN2O3. The first-order chi connectivity index (χ1) is 16.0. The van der Waals surface area contributed by atoms with Crippen LogP contribution in [0.25, 0.3) is 5.57 Å². The number of hydrogen-bond donors (Lipinski definition) is 0. The summed E-state index contributed by atoms with van der Waals surface area (Å²) >= 11 is 6.33. The Morgan fingerprint density at radius 2 is 1.64 bits per heavy atom. The first-order valence-corrected chi connectivity index (χ1v) is 11.2. The highest BCUT2D eigenvalue weighted by Gasteiger charge is 2.43. The van der Waals surface area contributed by atoms with Gasteiger partial charge in [-0.15, -0.1) is 0 Å². The van der Waals surface area contributed by atoms with E-state index in [1.54, 1.807) is 31.4 Å². The molecule has 2 aliphatic rings. The van der Waals surface area contributed by atoms with Crippen LogP contribution >= 0.6 is 11.6 Å². The van der Waals surface area contributed by atoms with Crippen molar-refractivity contribution in [3.05, 3.63) is 99.7 Å². The Kier molecular flexibility index (Phi) is 5.43. The topological polar surface area (TPSA) is 49.9 Å². The van der Waals surface area contributed by atoms with Crippen molar-refractivity contribution < 1.29 is 14.3 Å². The summed E-state index contributed by atoms with van der Waals surface area (Å²) in [5.41, 5.74) is 5.32. The van der Waals surface area contributed by atoms with Gasteiger partial charge in [-0.1, -0.05) is 54.1 Å². The van der Waals surface area contributed by atoms with Crippen molar-refractivity contribution in [3.8, 4) is 5.75 Å². The molecule has 0 atom stereocenters. The summed E-state index contributed by atoms with van der Waals surface area (Å²) in [5.74, 6) is 0.0100. The van der Waals surface area contributed by atoms with E-state index in [0.717, 1.165) is 12.0 Å². The Hall–Kier alpha value is -3.57. The average Bonchev–Trinajstić information content (AvgIpc) is 3.10. The van der Waals surface area contributed by atoms with Crippen molar-refractivity contribution in [3.63, 3.8) is 0 Å². The molecule has 5 rings (SSSR count). The van der Waals surface area contributed by atoms with Gasteiger partial charge < -0.3 is 9.64 Å². The first kappa shape index (κ1) is 21.3. The standard InChI is InChI=1S/C27H23ClN2O3/c1-17-7-10-21(15-23(17)28)30-26(31)24(19-8-11-22(33-2)12-9-19)25(27(30)32)29-14-13-18-5-3-4-6-20(18)16-29/h3-12,15H,13-14,16H2,1-2H3. The number of carbonyl (C=O) groups is 2. The van der Waals surface area contributed by atoms with Crippen molar-refractivity contribution in [1.29, 1.82) is 0 Å². The van der Waals surface area contributed by atoms with E-state index < -0.39 is 0 Å². The lowest BCUT2D eigenvalue weighted by Gasteiger charge is -2.31. The quantitative estimate of drug-likeness (QED) is 0.516. The molecule has 2 amide bonds. The lowest BCUT2D eigenvalue weighted by molar-refractivity contribution is -0.120. The molecule has 0 unspecified atom stereocenters. The van der Waals surface area contributed by atoms with Crippen LogP contribution in [-0.4, -0.2) is 30.4 Å². The smallest absolute Gasteiger partial charge is 0.282 e. The number of anilines is 1. The van der Waals surface area contributed by atoms with Gasteiger partial charge in [0.25, 0.3) is 11.8 Å². The van der Waals surface area contributed by atoms with E-state index >= 15 is 0 Å². The second-order valence-electron chi connectivity index (χ2n) is 8.27. The van der Waals surface area contributed by atoms with Gasteiger partial charge in [0.15, 0.2) is 0 Å². The van der Waals surface area contributed by atoms with Gasteiger partial charge in [0, 0.05) is 18.1 Å². The van der Waals surface area contributed by atoms with Crippen LogP contribution in [0.5, 0.6) is 5.75 Å². The van der Waals surface area contributed by atoms with E-state index in [1.165, 1.54) is 16.0 Å². The van der Waals surface area contributed by atoms with Gasteiger partial charge in [-0.25, -0.2) is 4.90 Å². The van der Waals surface area contributed by atoms with E-state index in [4.69, 9.17) is 16.3 Å². The minimum atomic E-state index is -0.348. The molecule has 0 bridgehead atoms. The van der Waals surface area contributed by atoms with Crippen molar-refractivity contribution in [2.24, 2.45) is 0 Å². The zero-order chi connectivity index (χ0) is 23.1. The summed E-state index contributed by atoms with van der Waals surface area (Å²) in [4.78, 5) is 30.7. The lowest BCUT2D eigenvalue weighted by atomic mass is 9.98. The second-order valence-corrected chi connectivity index (χ2v) is 8.68. The van der Waals surface area contributed by atoms with Gasteiger partial charge in [-0.3, -0.25) is 9.59 Å².